The molecule has 2 aliphatic rings. The Morgan fingerprint density at radius 2 is 2.04 bits per heavy atom. The molecule has 0 radical (unpaired) electrons. The summed E-state index contributed by atoms with van der Waals surface area (Å²) in [5, 5.41) is 0. The summed E-state index contributed by atoms with van der Waals surface area (Å²) in [6.45, 7) is 2.96. The fourth-order valence-corrected chi connectivity index (χ4v) is 4.22. The lowest BCUT2D eigenvalue weighted by atomic mass is 9.94. The number of rotatable bonds is 3. The van der Waals surface area contributed by atoms with Crippen molar-refractivity contribution in [2.45, 2.75) is 38.5 Å². The average Bonchev–Trinajstić information content (AvgIpc) is 3.27. The van der Waals surface area contributed by atoms with E-state index >= 15 is 0 Å². The third-order valence-corrected chi connectivity index (χ3v) is 5.72. The number of H-pyrrole nitrogens is 2. The van der Waals surface area contributed by atoms with E-state index in [0.29, 0.717) is 42.4 Å². The van der Waals surface area contributed by atoms with Gasteiger partial charge in [0, 0.05) is 56.8 Å². The number of likely N-dealkylation sites (tertiary alicyclic amines) is 1. The number of fused-ring (bicyclic) bond motifs is 1. The first-order valence-corrected chi connectivity index (χ1v) is 9.67. The number of nitrogens with zero attached hydrogens (tertiary/aromatic N) is 3. The lowest BCUT2D eigenvalue weighted by Crippen LogP contribution is -2.29. The molecule has 2 aromatic rings. The van der Waals surface area contributed by atoms with Gasteiger partial charge in [-0.2, -0.15) is 0 Å². The van der Waals surface area contributed by atoms with Crippen LogP contribution < -0.4 is 10.5 Å². The van der Waals surface area contributed by atoms with Crippen molar-refractivity contribution in [3.63, 3.8) is 0 Å². The number of nitrogens with one attached hydrogen (secondary N) is 2. The molecule has 3 heterocycles. The smallest absolute Gasteiger partial charge is 0.270 e. The largest absolute Gasteiger partial charge is 0.354 e. The van der Waals surface area contributed by atoms with E-state index in [1.165, 1.54) is 6.07 Å². The SMILES string of the molecule is Cc1c(C(=O)N2CC[C@H](c3cc(=O)[nH]c(N(C)C)n3)C2)[nH]c2c1C(=O)CCC2. The van der Waals surface area contributed by atoms with E-state index in [1.807, 2.05) is 21.0 Å². The summed E-state index contributed by atoms with van der Waals surface area (Å²) in [6.07, 6.45) is 2.94. The van der Waals surface area contributed by atoms with Crippen molar-refractivity contribution >= 4 is 17.6 Å². The number of carbonyl (C=O) groups is 2. The third kappa shape index (κ3) is 3.12. The van der Waals surface area contributed by atoms with Gasteiger partial charge in [-0.15, -0.1) is 0 Å². The first kappa shape index (κ1) is 18.5. The Hall–Kier alpha value is -2.90. The van der Waals surface area contributed by atoms with Gasteiger partial charge in [0.15, 0.2) is 5.78 Å². The van der Waals surface area contributed by atoms with E-state index in [2.05, 4.69) is 15.0 Å². The molecular weight excluding hydrogens is 358 g/mol. The Labute approximate surface area is 163 Å². The van der Waals surface area contributed by atoms with Crippen LogP contribution in [0.15, 0.2) is 10.9 Å². The molecule has 148 valence electrons. The highest BCUT2D eigenvalue weighted by atomic mass is 16.2. The van der Waals surface area contributed by atoms with Crippen LogP contribution in [0.25, 0.3) is 0 Å². The molecule has 0 aromatic carbocycles. The van der Waals surface area contributed by atoms with Crippen LogP contribution >= 0.6 is 0 Å². The van der Waals surface area contributed by atoms with Gasteiger partial charge in [0.1, 0.15) is 5.69 Å². The van der Waals surface area contributed by atoms with Crippen molar-refractivity contribution in [3.05, 3.63) is 44.6 Å². The van der Waals surface area contributed by atoms with Gasteiger partial charge in [-0.3, -0.25) is 19.4 Å². The number of carbonyl (C=O) groups excluding carboxylic acids is 2. The van der Waals surface area contributed by atoms with E-state index < -0.39 is 0 Å². The van der Waals surface area contributed by atoms with E-state index in [9.17, 15) is 14.4 Å². The molecular formula is C20H25N5O3. The standard InChI is InChI=1S/C20H25N5O3/c1-11-17-13(5-4-6-15(17)26)21-18(11)19(28)25-8-7-12(10-25)14-9-16(27)23-20(22-14)24(2)3/h9,12,21H,4-8,10H2,1-3H3,(H,22,23,27)/t12-/m0/s1. The second-order valence-electron chi connectivity index (χ2n) is 7.88. The van der Waals surface area contributed by atoms with Crippen LogP contribution in [0, 0.1) is 6.92 Å². The normalized spacial score (nSPS) is 19.0. The van der Waals surface area contributed by atoms with Crippen molar-refractivity contribution < 1.29 is 9.59 Å². The van der Waals surface area contributed by atoms with Crippen molar-refractivity contribution in [2.75, 3.05) is 32.1 Å². The molecule has 0 saturated carbocycles. The fourth-order valence-electron chi connectivity index (χ4n) is 4.22. The number of anilines is 1. The number of amides is 1. The van der Waals surface area contributed by atoms with Gasteiger partial charge >= 0.3 is 0 Å². The van der Waals surface area contributed by atoms with Gasteiger partial charge in [0.25, 0.3) is 11.5 Å². The summed E-state index contributed by atoms with van der Waals surface area (Å²) < 4.78 is 0. The maximum absolute atomic E-state index is 13.1. The minimum absolute atomic E-state index is 0.0245. The van der Waals surface area contributed by atoms with Gasteiger partial charge in [-0.25, -0.2) is 4.98 Å². The summed E-state index contributed by atoms with van der Waals surface area (Å²) in [4.78, 5) is 51.3. The van der Waals surface area contributed by atoms with Crippen LogP contribution in [0.4, 0.5) is 5.95 Å². The highest BCUT2D eigenvalue weighted by Gasteiger charge is 2.33. The average molecular weight is 383 g/mol. The summed E-state index contributed by atoms with van der Waals surface area (Å²) in [7, 11) is 3.65. The van der Waals surface area contributed by atoms with Gasteiger partial charge in [0.2, 0.25) is 5.95 Å². The number of Topliss-reactive ketones (excluding diaryl/α,β-unsaturated/α-hetero) is 1. The maximum Gasteiger partial charge on any atom is 0.270 e. The molecule has 1 saturated heterocycles. The van der Waals surface area contributed by atoms with Crippen LogP contribution in [0.2, 0.25) is 0 Å². The molecule has 0 bridgehead atoms. The van der Waals surface area contributed by atoms with Crippen LogP contribution in [0.5, 0.6) is 0 Å². The van der Waals surface area contributed by atoms with Gasteiger partial charge in [-0.05, 0) is 31.7 Å². The van der Waals surface area contributed by atoms with Crippen LogP contribution in [0.1, 0.15) is 63.0 Å². The Balaban J connectivity index is 1.56. The fraction of sp³-hybridized carbons (Fsp3) is 0.500. The first-order valence-electron chi connectivity index (χ1n) is 9.67. The maximum atomic E-state index is 13.1. The molecule has 28 heavy (non-hydrogen) atoms. The summed E-state index contributed by atoms with van der Waals surface area (Å²) in [5.41, 5.74) is 3.40. The van der Waals surface area contributed by atoms with Crippen LogP contribution in [-0.4, -0.2) is 58.7 Å². The molecule has 2 N–H and O–H groups in total. The van der Waals surface area contributed by atoms with Crippen molar-refractivity contribution in [1.29, 1.82) is 0 Å². The second-order valence-corrected chi connectivity index (χ2v) is 7.88. The van der Waals surface area contributed by atoms with E-state index in [4.69, 9.17) is 0 Å². The zero-order chi connectivity index (χ0) is 20.0. The number of ketones is 1. The monoisotopic (exact) mass is 383 g/mol. The van der Waals surface area contributed by atoms with E-state index in [-0.39, 0.29) is 23.2 Å². The Bertz CT molecular complexity index is 1000. The lowest BCUT2D eigenvalue weighted by Gasteiger charge is -2.17. The minimum atomic E-state index is -0.190. The van der Waals surface area contributed by atoms with Crippen LogP contribution in [-0.2, 0) is 6.42 Å². The lowest BCUT2D eigenvalue weighted by molar-refractivity contribution is 0.0784. The summed E-state index contributed by atoms with van der Waals surface area (Å²) in [5.74, 6) is 0.576. The third-order valence-electron chi connectivity index (χ3n) is 5.72. The van der Waals surface area contributed by atoms with Crippen LogP contribution in [0.3, 0.4) is 0 Å². The van der Waals surface area contributed by atoms with E-state index in [0.717, 1.165) is 30.5 Å². The molecule has 8 nitrogen and oxygen atoms in total. The quantitative estimate of drug-likeness (QED) is 0.839. The van der Waals surface area contributed by atoms with E-state index in [1.54, 1.807) is 9.80 Å². The summed E-state index contributed by atoms with van der Waals surface area (Å²) in [6, 6.07) is 1.52. The predicted octanol–water partition coefficient (Wildman–Crippen LogP) is 1.62. The Kier molecular flexibility index (Phi) is 4.56. The number of aromatic amines is 2. The minimum Gasteiger partial charge on any atom is -0.354 e. The van der Waals surface area contributed by atoms with Gasteiger partial charge in [-0.1, -0.05) is 0 Å². The molecule has 1 atom stereocenters. The molecule has 8 heteroatoms. The number of aryl methyl sites for hydroxylation is 1. The van der Waals surface area contributed by atoms with Crippen molar-refractivity contribution in [3.8, 4) is 0 Å². The molecule has 4 rings (SSSR count). The molecule has 1 amide bonds. The van der Waals surface area contributed by atoms with Gasteiger partial charge < -0.3 is 14.8 Å². The molecule has 0 spiro atoms. The topological polar surface area (TPSA) is 102 Å². The zero-order valence-electron chi connectivity index (χ0n) is 16.5. The molecule has 2 aromatic heterocycles. The molecule has 1 fully saturated rings. The highest BCUT2D eigenvalue weighted by Crippen LogP contribution is 2.30. The zero-order valence-corrected chi connectivity index (χ0v) is 16.5. The molecule has 0 unspecified atom stereocenters. The molecule has 1 aliphatic heterocycles. The number of aromatic nitrogens is 3. The number of hydrogen-bond donors (Lipinski definition) is 2. The highest BCUT2D eigenvalue weighted by molar-refractivity contribution is 6.04. The predicted molar refractivity (Wildman–Crippen MR) is 105 cm³/mol. The van der Waals surface area contributed by atoms with Gasteiger partial charge in [0.05, 0.1) is 5.69 Å². The van der Waals surface area contributed by atoms with Crippen molar-refractivity contribution in [2.24, 2.45) is 0 Å². The van der Waals surface area contributed by atoms with Crippen molar-refractivity contribution in [1.82, 2.24) is 19.9 Å². The Morgan fingerprint density at radius 1 is 1.25 bits per heavy atom. The summed E-state index contributed by atoms with van der Waals surface area (Å²) >= 11 is 0. The number of hydrogen-bond acceptors (Lipinski definition) is 5. The second kappa shape index (κ2) is 6.92. The first-order chi connectivity index (χ1) is 13.3. The molecule has 1 aliphatic carbocycles. The Morgan fingerprint density at radius 3 is 2.75 bits per heavy atom.